The van der Waals surface area contributed by atoms with Crippen LogP contribution in [0.4, 0.5) is 0 Å². The van der Waals surface area contributed by atoms with Crippen LogP contribution >= 0.6 is 11.3 Å². The largest absolute Gasteiger partial charge is 0.340 e. The van der Waals surface area contributed by atoms with Gasteiger partial charge < -0.3 is 9.47 Å². The molecule has 1 aliphatic heterocycles. The summed E-state index contributed by atoms with van der Waals surface area (Å²) in [5.74, 6) is 0.230. The molecule has 3 heterocycles. The number of aromatic nitrogens is 1. The Kier molecular flexibility index (Phi) is 5.18. The molecule has 2 aromatic heterocycles. The van der Waals surface area contributed by atoms with Gasteiger partial charge in [0.2, 0.25) is 5.91 Å². The van der Waals surface area contributed by atoms with E-state index in [-0.39, 0.29) is 5.91 Å². The lowest BCUT2D eigenvalue weighted by Crippen LogP contribution is -2.48. The van der Waals surface area contributed by atoms with Crippen molar-refractivity contribution in [3.05, 3.63) is 76.7 Å². The molecule has 1 aliphatic rings. The van der Waals surface area contributed by atoms with Gasteiger partial charge in [0.25, 0.3) is 0 Å². The molecule has 0 radical (unpaired) electrons. The molecule has 26 heavy (non-hydrogen) atoms. The molecule has 4 rings (SSSR count). The van der Waals surface area contributed by atoms with E-state index in [0.717, 1.165) is 44.0 Å². The standard InChI is InChI=1S/C21H23N3OS/c25-21(15-18-3-5-20(6-4-18)23-8-1-2-9-23)24-12-10-22(11-13-24)16-19-7-14-26-17-19/h1-9,14,17H,10-13,15-16H2. The summed E-state index contributed by atoms with van der Waals surface area (Å²) in [7, 11) is 0. The zero-order valence-electron chi connectivity index (χ0n) is 14.8. The molecule has 0 atom stereocenters. The molecule has 0 saturated carbocycles. The maximum atomic E-state index is 12.6. The predicted octanol–water partition coefficient (Wildman–Crippen LogP) is 3.43. The Bertz CT molecular complexity index is 817. The van der Waals surface area contributed by atoms with E-state index in [1.54, 1.807) is 11.3 Å². The first-order chi connectivity index (χ1) is 12.8. The van der Waals surface area contributed by atoms with Crippen molar-refractivity contribution in [2.75, 3.05) is 26.2 Å². The van der Waals surface area contributed by atoms with Gasteiger partial charge in [-0.25, -0.2) is 0 Å². The fourth-order valence-electron chi connectivity index (χ4n) is 3.38. The third kappa shape index (κ3) is 4.06. The summed E-state index contributed by atoms with van der Waals surface area (Å²) in [6, 6.07) is 14.5. The minimum absolute atomic E-state index is 0.230. The van der Waals surface area contributed by atoms with Crippen LogP contribution in [-0.4, -0.2) is 46.5 Å². The molecular weight excluding hydrogens is 342 g/mol. The molecular formula is C21H23N3OS. The molecule has 1 saturated heterocycles. The summed E-state index contributed by atoms with van der Waals surface area (Å²) in [5, 5.41) is 4.33. The Hall–Kier alpha value is -2.37. The van der Waals surface area contributed by atoms with Crippen molar-refractivity contribution in [1.82, 2.24) is 14.4 Å². The van der Waals surface area contributed by atoms with Crippen molar-refractivity contribution in [3.8, 4) is 5.69 Å². The molecule has 0 aliphatic carbocycles. The molecule has 1 fully saturated rings. The van der Waals surface area contributed by atoms with Crippen molar-refractivity contribution in [3.63, 3.8) is 0 Å². The summed E-state index contributed by atoms with van der Waals surface area (Å²) in [5.41, 5.74) is 3.57. The molecule has 134 valence electrons. The molecule has 0 N–H and O–H groups in total. The molecule has 0 bridgehead atoms. The smallest absolute Gasteiger partial charge is 0.227 e. The monoisotopic (exact) mass is 365 g/mol. The summed E-state index contributed by atoms with van der Waals surface area (Å²) in [6.07, 6.45) is 4.53. The molecule has 5 heteroatoms. The summed E-state index contributed by atoms with van der Waals surface area (Å²) < 4.78 is 2.07. The van der Waals surface area contributed by atoms with Gasteiger partial charge >= 0.3 is 0 Å². The average Bonchev–Trinajstić information content (AvgIpc) is 3.37. The minimum atomic E-state index is 0.230. The van der Waals surface area contributed by atoms with E-state index in [0.29, 0.717) is 6.42 Å². The Labute approximate surface area is 158 Å². The van der Waals surface area contributed by atoms with Crippen LogP contribution < -0.4 is 0 Å². The lowest BCUT2D eigenvalue weighted by atomic mass is 10.1. The normalized spacial score (nSPS) is 15.3. The van der Waals surface area contributed by atoms with E-state index < -0.39 is 0 Å². The summed E-state index contributed by atoms with van der Waals surface area (Å²) in [6.45, 7) is 4.55. The molecule has 0 spiro atoms. The van der Waals surface area contributed by atoms with E-state index in [2.05, 4.69) is 50.6 Å². The van der Waals surface area contributed by atoms with Crippen LogP contribution in [0.15, 0.2) is 65.6 Å². The number of benzene rings is 1. The number of thiophene rings is 1. The topological polar surface area (TPSA) is 28.5 Å². The first-order valence-electron chi connectivity index (χ1n) is 9.01. The van der Waals surface area contributed by atoms with Gasteiger partial charge in [-0.2, -0.15) is 11.3 Å². The fraction of sp³-hybridized carbons (Fsp3) is 0.286. The molecule has 1 amide bonds. The number of amides is 1. The van der Waals surface area contributed by atoms with E-state index in [9.17, 15) is 4.79 Å². The van der Waals surface area contributed by atoms with Crippen LogP contribution in [-0.2, 0) is 17.8 Å². The quantitative estimate of drug-likeness (QED) is 0.693. The zero-order valence-corrected chi connectivity index (χ0v) is 15.6. The highest BCUT2D eigenvalue weighted by Gasteiger charge is 2.21. The maximum absolute atomic E-state index is 12.6. The van der Waals surface area contributed by atoms with Crippen molar-refractivity contribution < 1.29 is 4.79 Å². The van der Waals surface area contributed by atoms with Gasteiger partial charge in [-0.1, -0.05) is 12.1 Å². The van der Waals surface area contributed by atoms with Crippen LogP contribution in [0.25, 0.3) is 5.69 Å². The Morgan fingerprint density at radius 3 is 2.31 bits per heavy atom. The van der Waals surface area contributed by atoms with Gasteiger partial charge in [-0.05, 0) is 52.2 Å². The second-order valence-electron chi connectivity index (χ2n) is 6.72. The van der Waals surface area contributed by atoms with Crippen LogP contribution in [0.5, 0.6) is 0 Å². The molecule has 4 nitrogen and oxygen atoms in total. The van der Waals surface area contributed by atoms with Crippen molar-refractivity contribution >= 4 is 17.2 Å². The van der Waals surface area contributed by atoms with Gasteiger partial charge in [0.05, 0.1) is 6.42 Å². The third-order valence-electron chi connectivity index (χ3n) is 4.91. The lowest BCUT2D eigenvalue weighted by molar-refractivity contribution is -0.132. The highest BCUT2D eigenvalue weighted by atomic mass is 32.1. The van der Waals surface area contributed by atoms with E-state index >= 15 is 0 Å². The summed E-state index contributed by atoms with van der Waals surface area (Å²) in [4.78, 5) is 17.0. The SMILES string of the molecule is O=C(Cc1ccc(-n2cccc2)cc1)N1CCN(Cc2ccsc2)CC1. The fourth-order valence-corrected chi connectivity index (χ4v) is 4.04. The third-order valence-corrected chi connectivity index (χ3v) is 5.64. The van der Waals surface area contributed by atoms with Gasteiger partial charge in [-0.3, -0.25) is 9.69 Å². The zero-order chi connectivity index (χ0) is 17.8. The second kappa shape index (κ2) is 7.89. The van der Waals surface area contributed by atoms with Crippen LogP contribution in [0.1, 0.15) is 11.1 Å². The average molecular weight is 366 g/mol. The number of rotatable bonds is 5. The first kappa shape index (κ1) is 17.1. The van der Waals surface area contributed by atoms with Gasteiger partial charge in [0, 0.05) is 50.8 Å². The minimum Gasteiger partial charge on any atom is -0.340 e. The van der Waals surface area contributed by atoms with E-state index in [1.165, 1.54) is 5.56 Å². The molecule has 3 aromatic rings. The second-order valence-corrected chi connectivity index (χ2v) is 7.50. The Balaban J connectivity index is 1.28. The predicted molar refractivity (Wildman–Crippen MR) is 106 cm³/mol. The van der Waals surface area contributed by atoms with Gasteiger partial charge in [-0.15, -0.1) is 0 Å². The number of piperazine rings is 1. The highest BCUT2D eigenvalue weighted by Crippen LogP contribution is 2.14. The number of nitrogens with zero attached hydrogens (tertiary/aromatic N) is 3. The Morgan fingerprint density at radius 1 is 0.923 bits per heavy atom. The number of carbonyl (C=O) groups is 1. The van der Waals surface area contributed by atoms with Crippen LogP contribution in [0, 0.1) is 0 Å². The van der Waals surface area contributed by atoms with Crippen molar-refractivity contribution in [2.24, 2.45) is 0 Å². The lowest BCUT2D eigenvalue weighted by Gasteiger charge is -2.34. The highest BCUT2D eigenvalue weighted by molar-refractivity contribution is 7.07. The van der Waals surface area contributed by atoms with E-state index in [1.807, 2.05) is 29.4 Å². The summed E-state index contributed by atoms with van der Waals surface area (Å²) >= 11 is 1.74. The number of hydrogen-bond acceptors (Lipinski definition) is 3. The Morgan fingerprint density at radius 2 is 1.65 bits per heavy atom. The van der Waals surface area contributed by atoms with E-state index in [4.69, 9.17) is 0 Å². The van der Waals surface area contributed by atoms with Gasteiger partial charge in [0.1, 0.15) is 0 Å². The number of hydrogen-bond donors (Lipinski definition) is 0. The first-order valence-corrected chi connectivity index (χ1v) is 9.96. The molecule has 0 unspecified atom stereocenters. The van der Waals surface area contributed by atoms with Crippen molar-refractivity contribution in [1.29, 1.82) is 0 Å². The van der Waals surface area contributed by atoms with Crippen LogP contribution in [0.2, 0.25) is 0 Å². The van der Waals surface area contributed by atoms with Crippen molar-refractivity contribution in [2.45, 2.75) is 13.0 Å². The maximum Gasteiger partial charge on any atom is 0.227 e. The van der Waals surface area contributed by atoms with Crippen LogP contribution in [0.3, 0.4) is 0 Å². The molecule has 1 aromatic carbocycles. The van der Waals surface area contributed by atoms with Gasteiger partial charge in [0.15, 0.2) is 0 Å². The number of carbonyl (C=O) groups excluding carboxylic acids is 1.